The molecule has 1 fully saturated rings. The van der Waals surface area contributed by atoms with E-state index in [0.717, 1.165) is 24.1 Å². The molecule has 1 heterocycles. The fourth-order valence-corrected chi connectivity index (χ4v) is 3.47. The largest absolute Gasteiger partial charge is 0.467 e. The third-order valence-corrected chi connectivity index (χ3v) is 5.17. The van der Waals surface area contributed by atoms with E-state index in [-0.39, 0.29) is 12.3 Å². The number of benzene rings is 2. The number of carbonyl (C=O) groups is 4. The van der Waals surface area contributed by atoms with E-state index in [9.17, 15) is 19.2 Å². The van der Waals surface area contributed by atoms with Crippen LogP contribution in [0.4, 0.5) is 0 Å². The Labute approximate surface area is 186 Å². The minimum Gasteiger partial charge on any atom is -0.467 e. The Kier molecular flexibility index (Phi) is 7.96. The molecule has 1 aliphatic heterocycles. The van der Waals surface area contributed by atoms with Gasteiger partial charge in [0, 0.05) is 25.9 Å². The lowest BCUT2D eigenvalue weighted by Crippen LogP contribution is -2.44. The Morgan fingerprint density at radius 1 is 1.03 bits per heavy atom. The van der Waals surface area contributed by atoms with Gasteiger partial charge in [0.25, 0.3) is 5.91 Å². The maximum Gasteiger partial charge on any atom is 0.338 e. The third-order valence-electron chi connectivity index (χ3n) is 5.17. The number of nitrogens with one attached hydrogen (secondary N) is 1. The van der Waals surface area contributed by atoms with Crippen LogP contribution in [0.2, 0.25) is 0 Å². The van der Waals surface area contributed by atoms with Crippen molar-refractivity contribution in [1.29, 1.82) is 0 Å². The first kappa shape index (κ1) is 23.0. The highest BCUT2D eigenvalue weighted by molar-refractivity contribution is 5.92. The summed E-state index contributed by atoms with van der Waals surface area (Å²) in [5.74, 6) is -1.70. The SMILES string of the molecule is COC(=O)C(Cc1ccccc1)NC(=O)COC(=O)c1ccc(CN2CCCC2=O)cc1. The number of likely N-dealkylation sites (tertiary alicyclic amines) is 1. The Morgan fingerprint density at radius 2 is 1.75 bits per heavy atom. The molecule has 1 saturated heterocycles. The zero-order valence-electron chi connectivity index (χ0n) is 17.9. The highest BCUT2D eigenvalue weighted by atomic mass is 16.5. The summed E-state index contributed by atoms with van der Waals surface area (Å²) in [6.07, 6.45) is 1.70. The minimum atomic E-state index is -0.888. The lowest BCUT2D eigenvalue weighted by Gasteiger charge is -2.17. The Bertz CT molecular complexity index is 958. The monoisotopic (exact) mass is 438 g/mol. The average Bonchev–Trinajstić information content (AvgIpc) is 3.21. The lowest BCUT2D eigenvalue weighted by molar-refractivity contribution is -0.145. The molecule has 0 aromatic heterocycles. The molecular weight excluding hydrogens is 412 g/mol. The normalized spacial score (nSPS) is 14.0. The summed E-state index contributed by atoms with van der Waals surface area (Å²) in [6, 6.07) is 15.0. The number of hydrogen-bond acceptors (Lipinski definition) is 6. The first-order valence-corrected chi connectivity index (χ1v) is 10.4. The van der Waals surface area contributed by atoms with Gasteiger partial charge in [-0.1, -0.05) is 42.5 Å². The van der Waals surface area contributed by atoms with Crippen LogP contribution in [0.1, 0.15) is 34.3 Å². The van der Waals surface area contributed by atoms with Gasteiger partial charge in [0.1, 0.15) is 6.04 Å². The van der Waals surface area contributed by atoms with Gasteiger partial charge in [-0.3, -0.25) is 9.59 Å². The fraction of sp³-hybridized carbons (Fsp3) is 0.333. The molecule has 8 nitrogen and oxygen atoms in total. The number of esters is 2. The molecule has 2 amide bonds. The predicted octanol–water partition coefficient (Wildman–Crippen LogP) is 1.87. The van der Waals surface area contributed by atoms with Gasteiger partial charge < -0.3 is 19.7 Å². The summed E-state index contributed by atoms with van der Waals surface area (Å²) in [6.45, 7) is 0.729. The van der Waals surface area contributed by atoms with E-state index in [2.05, 4.69) is 5.32 Å². The number of ether oxygens (including phenoxy) is 2. The van der Waals surface area contributed by atoms with Crippen LogP contribution in [0.25, 0.3) is 0 Å². The minimum absolute atomic E-state index is 0.136. The molecule has 32 heavy (non-hydrogen) atoms. The van der Waals surface area contributed by atoms with Crippen LogP contribution in [-0.4, -0.2) is 55.0 Å². The van der Waals surface area contributed by atoms with Crippen molar-refractivity contribution in [3.05, 3.63) is 71.3 Å². The summed E-state index contributed by atoms with van der Waals surface area (Å²) in [5.41, 5.74) is 2.07. The van der Waals surface area contributed by atoms with Gasteiger partial charge in [0.2, 0.25) is 5.91 Å². The molecule has 2 aromatic carbocycles. The van der Waals surface area contributed by atoms with Crippen molar-refractivity contribution in [2.45, 2.75) is 31.8 Å². The average molecular weight is 438 g/mol. The van der Waals surface area contributed by atoms with Crippen molar-refractivity contribution in [3.8, 4) is 0 Å². The zero-order chi connectivity index (χ0) is 22.9. The summed E-state index contributed by atoms with van der Waals surface area (Å²) >= 11 is 0. The van der Waals surface area contributed by atoms with Crippen LogP contribution in [0.15, 0.2) is 54.6 Å². The van der Waals surface area contributed by atoms with E-state index in [1.807, 2.05) is 30.3 Å². The number of methoxy groups -OCH3 is 1. The van der Waals surface area contributed by atoms with Crippen LogP contribution < -0.4 is 5.32 Å². The Morgan fingerprint density at radius 3 is 2.38 bits per heavy atom. The van der Waals surface area contributed by atoms with Gasteiger partial charge >= 0.3 is 11.9 Å². The molecule has 0 radical (unpaired) electrons. The van der Waals surface area contributed by atoms with Gasteiger partial charge in [-0.15, -0.1) is 0 Å². The van der Waals surface area contributed by atoms with Gasteiger partial charge in [0.15, 0.2) is 6.61 Å². The third kappa shape index (κ3) is 6.41. The zero-order valence-corrected chi connectivity index (χ0v) is 17.9. The van der Waals surface area contributed by atoms with E-state index in [1.165, 1.54) is 7.11 Å². The summed E-state index contributed by atoms with van der Waals surface area (Å²) < 4.78 is 9.84. The standard InChI is InChI=1S/C24H26N2O6/c1-31-24(30)20(14-17-6-3-2-4-7-17)25-21(27)16-32-23(29)19-11-9-18(10-12-19)15-26-13-5-8-22(26)28/h2-4,6-7,9-12,20H,5,8,13-16H2,1H3,(H,25,27). The molecular formula is C24H26N2O6. The number of carbonyl (C=O) groups excluding carboxylic acids is 4. The molecule has 0 saturated carbocycles. The van der Waals surface area contributed by atoms with Crippen LogP contribution in [0.3, 0.4) is 0 Å². The van der Waals surface area contributed by atoms with Crippen molar-refractivity contribution < 1.29 is 28.7 Å². The molecule has 2 aromatic rings. The van der Waals surface area contributed by atoms with Gasteiger partial charge in [-0.2, -0.15) is 0 Å². The first-order chi connectivity index (χ1) is 15.5. The van der Waals surface area contributed by atoms with E-state index in [0.29, 0.717) is 18.5 Å². The predicted molar refractivity (Wildman–Crippen MR) is 115 cm³/mol. The van der Waals surface area contributed by atoms with Crippen molar-refractivity contribution in [1.82, 2.24) is 10.2 Å². The molecule has 1 atom stereocenters. The Hall–Kier alpha value is -3.68. The quantitative estimate of drug-likeness (QED) is 0.600. The second-order valence-corrected chi connectivity index (χ2v) is 7.52. The summed E-state index contributed by atoms with van der Waals surface area (Å²) in [7, 11) is 1.25. The van der Waals surface area contributed by atoms with Crippen LogP contribution in [-0.2, 0) is 36.8 Å². The van der Waals surface area contributed by atoms with E-state index in [1.54, 1.807) is 29.2 Å². The van der Waals surface area contributed by atoms with Crippen molar-refractivity contribution in [3.63, 3.8) is 0 Å². The molecule has 3 rings (SSSR count). The number of hydrogen-bond donors (Lipinski definition) is 1. The maximum atomic E-state index is 12.3. The molecule has 0 bridgehead atoms. The maximum absolute atomic E-state index is 12.3. The lowest BCUT2D eigenvalue weighted by atomic mass is 10.1. The highest BCUT2D eigenvalue weighted by Gasteiger charge is 2.23. The van der Waals surface area contributed by atoms with Crippen molar-refractivity contribution in [2.75, 3.05) is 20.3 Å². The fourth-order valence-electron chi connectivity index (χ4n) is 3.47. The Balaban J connectivity index is 1.50. The van der Waals surface area contributed by atoms with Crippen molar-refractivity contribution in [2.24, 2.45) is 0 Å². The van der Waals surface area contributed by atoms with Crippen molar-refractivity contribution >= 4 is 23.8 Å². The van der Waals surface area contributed by atoms with Crippen LogP contribution in [0, 0.1) is 0 Å². The number of rotatable bonds is 9. The van der Waals surface area contributed by atoms with Crippen LogP contribution >= 0.6 is 0 Å². The van der Waals surface area contributed by atoms with E-state index < -0.39 is 30.5 Å². The molecule has 8 heteroatoms. The first-order valence-electron chi connectivity index (χ1n) is 10.4. The molecule has 1 N–H and O–H groups in total. The van der Waals surface area contributed by atoms with E-state index >= 15 is 0 Å². The molecule has 0 spiro atoms. The van der Waals surface area contributed by atoms with E-state index in [4.69, 9.17) is 9.47 Å². The smallest absolute Gasteiger partial charge is 0.338 e. The molecule has 0 aliphatic carbocycles. The number of amides is 2. The second kappa shape index (κ2) is 11.1. The van der Waals surface area contributed by atoms with Crippen LogP contribution in [0.5, 0.6) is 0 Å². The summed E-state index contributed by atoms with van der Waals surface area (Å²) in [5, 5.41) is 2.55. The topological polar surface area (TPSA) is 102 Å². The van der Waals surface area contributed by atoms with Gasteiger partial charge in [-0.05, 0) is 29.7 Å². The molecule has 1 unspecified atom stereocenters. The van der Waals surface area contributed by atoms with Gasteiger partial charge in [0.05, 0.1) is 12.7 Å². The molecule has 1 aliphatic rings. The van der Waals surface area contributed by atoms with Gasteiger partial charge in [-0.25, -0.2) is 9.59 Å². The second-order valence-electron chi connectivity index (χ2n) is 7.52. The number of nitrogens with zero attached hydrogens (tertiary/aromatic N) is 1. The summed E-state index contributed by atoms with van der Waals surface area (Å²) in [4.78, 5) is 50.0. The highest BCUT2D eigenvalue weighted by Crippen LogP contribution is 2.15. The molecule has 168 valence electrons.